The Bertz CT molecular complexity index is 338. The van der Waals surface area contributed by atoms with Gasteiger partial charge in [-0.15, -0.1) is 11.6 Å². The van der Waals surface area contributed by atoms with Gasteiger partial charge in [-0.2, -0.15) is 0 Å². The van der Waals surface area contributed by atoms with Gasteiger partial charge in [0.2, 0.25) is 0 Å². The number of hydrogen-bond acceptors (Lipinski definition) is 2. The number of benzene rings is 1. The van der Waals surface area contributed by atoms with Crippen LogP contribution in [0.5, 0.6) is 0 Å². The van der Waals surface area contributed by atoms with Crippen molar-refractivity contribution in [2.45, 2.75) is 12.3 Å². The predicted molar refractivity (Wildman–Crippen MR) is 63.2 cm³/mol. The van der Waals surface area contributed by atoms with Crippen molar-refractivity contribution >= 4 is 45.7 Å². The molecule has 13 heavy (non-hydrogen) atoms. The summed E-state index contributed by atoms with van der Waals surface area (Å²) in [7, 11) is 0. The maximum absolute atomic E-state index is 11.4. The first kappa shape index (κ1) is 10.8. The summed E-state index contributed by atoms with van der Waals surface area (Å²) in [4.78, 5) is 11.4. The number of Topliss-reactive ketones (excluding diaryl/α,β-unsaturated/α-hetero) is 1. The zero-order valence-corrected chi connectivity index (χ0v) is 9.96. The third-order valence-electron chi connectivity index (χ3n) is 1.65. The second-order valence-electron chi connectivity index (χ2n) is 2.72. The van der Waals surface area contributed by atoms with Crippen LogP contribution in [-0.4, -0.2) is 11.2 Å². The minimum atomic E-state index is -0.487. The van der Waals surface area contributed by atoms with Crippen molar-refractivity contribution in [3.8, 4) is 0 Å². The van der Waals surface area contributed by atoms with E-state index >= 15 is 0 Å². The highest BCUT2D eigenvalue weighted by Crippen LogP contribution is 2.18. The summed E-state index contributed by atoms with van der Waals surface area (Å²) in [5.74, 6) is -0.0698. The molecular weight excluding hydrogens is 300 g/mol. The fourth-order valence-corrected chi connectivity index (χ4v) is 1.55. The first-order valence-electron chi connectivity index (χ1n) is 3.75. The Kier molecular flexibility index (Phi) is 3.55. The average Bonchev–Trinajstić information content (AvgIpc) is 2.08. The first-order chi connectivity index (χ1) is 6.02. The van der Waals surface area contributed by atoms with Crippen LogP contribution in [0.15, 0.2) is 18.2 Å². The van der Waals surface area contributed by atoms with Crippen LogP contribution in [0.4, 0.5) is 5.69 Å². The number of ketones is 1. The maximum atomic E-state index is 11.4. The van der Waals surface area contributed by atoms with Crippen molar-refractivity contribution in [2.24, 2.45) is 0 Å². The van der Waals surface area contributed by atoms with Crippen molar-refractivity contribution in [1.82, 2.24) is 0 Å². The van der Waals surface area contributed by atoms with E-state index < -0.39 is 5.38 Å². The highest BCUT2D eigenvalue weighted by atomic mass is 127. The van der Waals surface area contributed by atoms with Gasteiger partial charge in [-0.25, -0.2) is 0 Å². The SMILES string of the molecule is CC(Cl)C(=O)c1ccc(N)c(I)c1. The third kappa shape index (κ3) is 2.57. The molecule has 2 N–H and O–H groups in total. The van der Waals surface area contributed by atoms with E-state index in [9.17, 15) is 4.79 Å². The fraction of sp³-hybridized carbons (Fsp3) is 0.222. The Morgan fingerprint density at radius 2 is 2.23 bits per heavy atom. The Hall–Kier alpha value is -0.290. The third-order valence-corrected chi connectivity index (χ3v) is 2.78. The molecule has 0 aliphatic heterocycles. The number of carbonyl (C=O) groups excluding carboxylic acids is 1. The van der Waals surface area contributed by atoms with Gasteiger partial charge in [-0.3, -0.25) is 4.79 Å². The molecule has 0 radical (unpaired) electrons. The molecule has 70 valence electrons. The van der Waals surface area contributed by atoms with Gasteiger partial charge in [0.1, 0.15) is 0 Å². The van der Waals surface area contributed by atoms with E-state index in [1.807, 2.05) is 0 Å². The lowest BCUT2D eigenvalue weighted by Gasteiger charge is -2.04. The number of anilines is 1. The van der Waals surface area contributed by atoms with Gasteiger partial charge in [0.15, 0.2) is 5.78 Å². The van der Waals surface area contributed by atoms with Crippen molar-refractivity contribution in [3.63, 3.8) is 0 Å². The zero-order valence-electron chi connectivity index (χ0n) is 7.05. The van der Waals surface area contributed by atoms with Crippen molar-refractivity contribution in [3.05, 3.63) is 27.3 Å². The van der Waals surface area contributed by atoms with Crippen LogP contribution in [0, 0.1) is 3.57 Å². The molecule has 0 aliphatic rings. The quantitative estimate of drug-likeness (QED) is 0.395. The Balaban J connectivity index is 3.04. The summed E-state index contributed by atoms with van der Waals surface area (Å²) in [6.45, 7) is 1.66. The number of nitrogens with two attached hydrogens (primary N) is 1. The van der Waals surface area contributed by atoms with E-state index in [0.29, 0.717) is 11.3 Å². The minimum absolute atomic E-state index is 0.0698. The van der Waals surface area contributed by atoms with Crippen LogP contribution in [0.3, 0.4) is 0 Å². The largest absolute Gasteiger partial charge is 0.398 e. The number of nitrogen functional groups attached to an aromatic ring is 1. The highest BCUT2D eigenvalue weighted by Gasteiger charge is 2.12. The van der Waals surface area contributed by atoms with E-state index in [-0.39, 0.29) is 5.78 Å². The molecule has 4 heteroatoms. The second kappa shape index (κ2) is 4.28. The van der Waals surface area contributed by atoms with Gasteiger partial charge in [0, 0.05) is 14.8 Å². The van der Waals surface area contributed by atoms with E-state index in [4.69, 9.17) is 17.3 Å². The zero-order chi connectivity index (χ0) is 10.0. The monoisotopic (exact) mass is 309 g/mol. The summed E-state index contributed by atoms with van der Waals surface area (Å²) in [6.07, 6.45) is 0. The van der Waals surface area contributed by atoms with Gasteiger partial charge >= 0.3 is 0 Å². The molecule has 0 heterocycles. The van der Waals surface area contributed by atoms with Gasteiger partial charge in [-0.05, 0) is 47.7 Å². The number of hydrogen-bond donors (Lipinski definition) is 1. The Labute approximate surface area is 95.6 Å². The van der Waals surface area contributed by atoms with Crippen LogP contribution >= 0.6 is 34.2 Å². The summed E-state index contributed by atoms with van der Waals surface area (Å²) >= 11 is 7.76. The molecule has 2 nitrogen and oxygen atoms in total. The van der Waals surface area contributed by atoms with Gasteiger partial charge in [0.25, 0.3) is 0 Å². The van der Waals surface area contributed by atoms with E-state index in [1.54, 1.807) is 25.1 Å². The lowest BCUT2D eigenvalue weighted by Crippen LogP contribution is -2.10. The van der Waals surface area contributed by atoms with Crippen LogP contribution in [-0.2, 0) is 0 Å². The molecule has 0 amide bonds. The normalized spacial score (nSPS) is 12.5. The standard InChI is InChI=1S/C9H9ClINO/c1-5(10)9(13)6-2-3-8(12)7(11)4-6/h2-5H,12H2,1H3. The molecule has 0 aromatic heterocycles. The van der Waals surface area contributed by atoms with Crippen LogP contribution in [0.2, 0.25) is 0 Å². The molecule has 0 saturated heterocycles. The second-order valence-corrected chi connectivity index (χ2v) is 4.53. The minimum Gasteiger partial charge on any atom is -0.398 e. The molecule has 1 aromatic carbocycles. The maximum Gasteiger partial charge on any atom is 0.180 e. The van der Waals surface area contributed by atoms with Crippen molar-refractivity contribution in [2.75, 3.05) is 5.73 Å². The van der Waals surface area contributed by atoms with E-state index in [1.165, 1.54) is 0 Å². The topological polar surface area (TPSA) is 43.1 Å². The average molecular weight is 310 g/mol. The summed E-state index contributed by atoms with van der Waals surface area (Å²) < 4.78 is 0.876. The smallest absolute Gasteiger partial charge is 0.180 e. The van der Waals surface area contributed by atoms with E-state index in [0.717, 1.165) is 3.57 Å². The molecular formula is C9H9ClINO. The Morgan fingerprint density at radius 3 is 2.69 bits per heavy atom. The molecule has 0 saturated carbocycles. The first-order valence-corrected chi connectivity index (χ1v) is 5.27. The number of halogens is 2. The van der Waals surface area contributed by atoms with Crippen molar-refractivity contribution in [1.29, 1.82) is 0 Å². The number of rotatable bonds is 2. The van der Waals surface area contributed by atoms with Gasteiger partial charge in [0.05, 0.1) is 5.38 Å². The predicted octanol–water partition coefficient (Wildman–Crippen LogP) is 2.68. The highest BCUT2D eigenvalue weighted by molar-refractivity contribution is 14.1. The van der Waals surface area contributed by atoms with Crippen LogP contribution < -0.4 is 5.73 Å². The van der Waals surface area contributed by atoms with Crippen LogP contribution in [0.1, 0.15) is 17.3 Å². The molecule has 1 unspecified atom stereocenters. The molecule has 1 aromatic rings. The Morgan fingerprint density at radius 1 is 1.62 bits per heavy atom. The summed E-state index contributed by atoms with van der Waals surface area (Å²) in [5.41, 5.74) is 6.91. The molecule has 0 aliphatic carbocycles. The lowest BCUT2D eigenvalue weighted by molar-refractivity contribution is 0.0991. The number of carbonyl (C=O) groups is 1. The summed E-state index contributed by atoms with van der Waals surface area (Å²) in [5, 5.41) is -0.487. The number of alkyl halides is 1. The van der Waals surface area contributed by atoms with Crippen LogP contribution in [0.25, 0.3) is 0 Å². The fourth-order valence-electron chi connectivity index (χ4n) is 0.910. The lowest BCUT2D eigenvalue weighted by atomic mass is 10.1. The summed E-state index contributed by atoms with van der Waals surface area (Å²) in [6, 6.07) is 5.16. The molecule has 0 fully saturated rings. The molecule has 1 atom stereocenters. The molecule has 0 bridgehead atoms. The van der Waals surface area contributed by atoms with Crippen molar-refractivity contribution < 1.29 is 4.79 Å². The molecule has 1 rings (SSSR count). The van der Waals surface area contributed by atoms with Gasteiger partial charge < -0.3 is 5.73 Å². The van der Waals surface area contributed by atoms with Gasteiger partial charge in [-0.1, -0.05) is 0 Å². The molecule has 0 spiro atoms. The van der Waals surface area contributed by atoms with E-state index in [2.05, 4.69) is 22.6 Å².